The Morgan fingerprint density at radius 2 is 1.56 bits per heavy atom. The smallest absolute Gasteiger partial charge is 0.410 e. The van der Waals surface area contributed by atoms with Crippen LogP contribution in [0.5, 0.6) is 0 Å². The van der Waals surface area contributed by atoms with Crippen LogP contribution in [0, 0.1) is 35.0 Å². The lowest BCUT2D eigenvalue weighted by Gasteiger charge is -2.42. The van der Waals surface area contributed by atoms with Crippen LogP contribution in [0.1, 0.15) is 75.2 Å². The van der Waals surface area contributed by atoms with Crippen LogP contribution < -0.4 is 0 Å². The highest BCUT2D eigenvalue weighted by Gasteiger charge is 2.59. The highest BCUT2D eigenvalue weighted by Crippen LogP contribution is 2.44. The van der Waals surface area contributed by atoms with E-state index in [-0.39, 0.29) is 23.8 Å². The Labute approximate surface area is 203 Å². The maximum atomic E-state index is 13.6. The lowest BCUT2D eigenvalue weighted by molar-refractivity contribution is -0.171. The van der Waals surface area contributed by atoms with Crippen LogP contribution in [-0.4, -0.2) is 59.1 Å². The van der Waals surface area contributed by atoms with Crippen molar-refractivity contribution >= 4 is 29.4 Å². The average molecular weight is 480 g/mol. The van der Waals surface area contributed by atoms with Gasteiger partial charge in [-0.05, 0) is 39.5 Å². The first kappa shape index (κ1) is 28.0. The number of amides is 1. The molecule has 2 aliphatic rings. The minimum absolute atomic E-state index is 0.105. The van der Waals surface area contributed by atoms with Crippen molar-refractivity contribution in [1.82, 2.24) is 4.90 Å². The van der Waals surface area contributed by atoms with Crippen molar-refractivity contribution in [2.24, 2.45) is 35.0 Å². The van der Waals surface area contributed by atoms with Crippen molar-refractivity contribution in [2.75, 3.05) is 7.05 Å². The van der Waals surface area contributed by atoms with Gasteiger partial charge in [-0.1, -0.05) is 41.5 Å². The van der Waals surface area contributed by atoms with E-state index in [0.717, 1.165) is 0 Å². The quantitative estimate of drug-likeness (QED) is 0.437. The predicted octanol–water partition coefficient (Wildman–Crippen LogP) is 3.84. The molecule has 0 radical (unpaired) electrons. The van der Waals surface area contributed by atoms with Crippen LogP contribution in [0.25, 0.3) is 0 Å². The molecule has 0 aromatic rings. The summed E-state index contributed by atoms with van der Waals surface area (Å²) in [5.41, 5.74) is -2.22. The second-order valence-electron chi connectivity index (χ2n) is 10.9. The zero-order valence-corrected chi connectivity index (χ0v) is 22.3. The number of hydrogen-bond donors (Lipinski definition) is 0. The highest BCUT2D eigenvalue weighted by atomic mass is 16.6. The monoisotopic (exact) mass is 479 g/mol. The molecule has 0 N–H and O–H groups in total. The minimum Gasteiger partial charge on any atom is -0.458 e. The van der Waals surface area contributed by atoms with Gasteiger partial charge < -0.3 is 14.4 Å². The number of likely N-dealkylation sites (N-methyl/N-ethyl adjacent to an activating group) is 1. The fourth-order valence-corrected chi connectivity index (χ4v) is 6.05. The Kier molecular flexibility index (Phi) is 8.05. The number of carbonyl (C=O) groups is 5. The van der Waals surface area contributed by atoms with Crippen LogP contribution >= 0.6 is 0 Å². The molecule has 0 aromatic carbocycles. The lowest BCUT2D eigenvalue weighted by Crippen LogP contribution is -2.57. The second kappa shape index (κ2) is 9.78. The number of esters is 1. The van der Waals surface area contributed by atoms with Crippen LogP contribution in [-0.2, 0) is 28.7 Å². The third kappa shape index (κ3) is 4.52. The Morgan fingerprint density at radius 3 is 2.06 bits per heavy atom. The number of ketones is 3. The first-order valence-electron chi connectivity index (χ1n) is 12.3. The molecule has 0 aliphatic carbocycles. The van der Waals surface area contributed by atoms with Gasteiger partial charge in [0.25, 0.3) is 0 Å². The van der Waals surface area contributed by atoms with Gasteiger partial charge in [0.1, 0.15) is 29.4 Å². The number of nitrogens with zero attached hydrogens (tertiary/aromatic N) is 1. The second-order valence-corrected chi connectivity index (χ2v) is 10.9. The molecule has 34 heavy (non-hydrogen) atoms. The number of fused-ring (bicyclic) bond motifs is 1. The molecule has 2 heterocycles. The van der Waals surface area contributed by atoms with E-state index in [9.17, 15) is 24.0 Å². The number of hydrogen-bond acceptors (Lipinski definition) is 7. The van der Waals surface area contributed by atoms with Gasteiger partial charge in [0, 0.05) is 30.2 Å². The van der Waals surface area contributed by atoms with E-state index >= 15 is 0 Å². The maximum absolute atomic E-state index is 13.6. The third-order valence-electron chi connectivity index (χ3n) is 8.79. The maximum Gasteiger partial charge on any atom is 0.410 e. The summed E-state index contributed by atoms with van der Waals surface area (Å²) in [6.45, 7) is 15.4. The zero-order chi connectivity index (χ0) is 26.3. The first-order valence-corrected chi connectivity index (χ1v) is 12.3. The van der Waals surface area contributed by atoms with Gasteiger partial charge in [0.15, 0.2) is 5.60 Å². The van der Waals surface area contributed by atoms with Crippen LogP contribution in [0.2, 0.25) is 0 Å². The topological polar surface area (TPSA) is 107 Å². The molecule has 0 saturated carbocycles. The Balaban J connectivity index is 2.67. The Hall–Kier alpha value is -2.25. The van der Waals surface area contributed by atoms with Gasteiger partial charge in [0.05, 0.1) is 6.04 Å². The van der Waals surface area contributed by atoms with E-state index in [1.807, 2.05) is 6.92 Å². The molecule has 1 amide bonds. The highest BCUT2D eigenvalue weighted by molar-refractivity contribution is 6.00. The van der Waals surface area contributed by atoms with Crippen molar-refractivity contribution in [3.8, 4) is 0 Å². The molecule has 0 unspecified atom stereocenters. The fraction of sp³-hybridized carbons (Fsp3) is 0.808. The van der Waals surface area contributed by atoms with Crippen LogP contribution in [0.15, 0.2) is 0 Å². The molecule has 0 bridgehead atoms. The average Bonchev–Trinajstić information content (AvgIpc) is 3.01. The SMILES string of the molecule is CC[C@H]1OC(=O)[C@H](C)C(=O)[C@H](C)[C@@H](C)[C@](C)(C(C)=O)C[C@@H](C)C(=O)[C@H](C)[C@H]2N(C)C(=O)O[C@]12C. The molecule has 2 rings (SSSR count). The van der Waals surface area contributed by atoms with Crippen molar-refractivity contribution in [3.05, 3.63) is 0 Å². The molecule has 2 fully saturated rings. The lowest BCUT2D eigenvalue weighted by atomic mass is 9.63. The Morgan fingerprint density at radius 1 is 1.00 bits per heavy atom. The third-order valence-corrected chi connectivity index (χ3v) is 8.79. The van der Waals surface area contributed by atoms with E-state index in [0.29, 0.717) is 6.42 Å². The van der Waals surface area contributed by atoms with E-state index in [1.54, 1.807) is 48.6 Å². The normalized spacial score (nSPS) is 42.5. The van der Waals surface area contributed by atoms with E-state index in [2.05, 4.69) is 0 Å². The summed E-state index contributed by atoms with van der Waals surface area (Å²) in [6.07, 6.45) is -0.829. The van der Waals surface area contributed by atoms with E-state index in [1.165, 1.54) is 18.7 Å². The molecule has 2 saturated heterocycles. The molecule has 0 aromatic heterocycles. The van der Waals surface area contributed by atoms with Gasteiger partial charge in [-0.15, -0.1) is 0 Å². The van der Waals surface area contributed by atoms with Crippen molar-refractivity contribution in [3.63, 3.8) is 0 Å². The summed E-state index contributed by atoms with van der Waals surface area (Å²) >= 11 is 0. The van der Waals surface area contributed by atoms with Crippen molar-refractivity contribution < 1.29 is 33.4 Å². The van der Waals surface area contributed by atoms with Crippen molar-refractivity contribution in [1.29, 1.82) is 0 Å². The zero-order valence-electron chi connectivity index (χ0n) is 22.3. The van der Waals surface area contributed by atoms with E-state index in [4.69, 9.17) is 9.47 Å². The van der Waals surface area contributed by atoms with Gasteiger partial charge in [-0.3, -0.25) is 19.2 Å². The molecule has 0 spiro atoms. The molecule has 8 nitrogen and oxygen atoms in total. The van der Waals surface area contributed by atoms with Crippen LogP contribution in [0.4, 0.5) is 4.79 Å². The standard InChI is InChI=1S/C26H41NO7/c1-11-19-26(9)22(27(10)24(32)34-26)15(4)20(29)13(2)12-25(8,18(7)28)17(6)14(3)21(30)16(5)23(31)33-19/h13-17,19,22H,11-12H2,1-10H3/t13-,14-,15+,16-,17-,19-,22-,25-,26-/m1/s1. The number of ether oxygens (including phenoxy) is 2. The molecule has 8 heteroatoms. The van der Waals surface area contributed by atoms with Gasteiger partial charge in [0.2, 0.25) is 0 Å². The number of Topliss-reactive ketones (excluding diaryl/α,β-unsaturated/α-hetero) is 3. The van der Waals surface area contributed by atoms with Gasteiger partial charge in [-0.2, -0.15) is 0 Å². The predicted molar refractivity (Wildman–Crippen MR) is 126 cm³/mol. The molecular formula is C26H41NO7. The molecular weight excluding hydrogens is 438 g/mol. The van der Waals surface area contributed by atoms with Crippen molar-refractivity contribution in [2.45, 2.75) is 92.9 Å². The summed E-state index contributed by atoms with van der Waals surface area (Å²) in [5, 5.41) is 0. The Bertz CT molecular complexity index is 869. The summed E-state index contributed by atoms with van der Waals surface area (Å²) in [4.78, 5) is 66.8. The number of rotatable bonds is 2. The summed E-state index contributed by atoms with van der Waals surface area (Å²) in [6, 6.07) is -0.679. The largest absolute Gasteiger partial charge is 0.458 e. The van der Waals surface area contributed by atoms with E-state index < -0.39 is 64.8 Å². The fourth-order valence-electron chi connectivity index (χ4n) is 6.05. The summed E-state index contributed by atoms with van der Waals surface area (Å²) in [7, 11) is 1.57. The molecule has 9 atom stereocenters. The number of cyclic esters (lactones) is 1. The minimum atomic E-state index is -1.28. The van der Waals surface area contributed by atoms with Crippen LogP contribution in [0.3, 0.4) is 0 Å². The number of carbonyl (C=O) groups excluding carboxylic acids is 5. The first-order chi connectivity index (χ1) is 15.5. The van der Waals surface area contributed by atoms with Gasteiger partial charge in [-0.25, -0.2) is 4.79 Å². The molecule has 192 valence electrons. The van der Waals surface area contributed by atoms with Gasteiger partial charge >= 0.3 is 12.1 Å². The molecule has 2 aliphatic heterocycles. The summed E-state index contributed by atoms with van der Waals surface area (Å²) in [5.74, 6) is -4.39. The summed E-state index contributed by atoms with van der Waals surface area (Å²) < 4.78 is 11.5.